The lowest BCUT2D eigenvalue weighted by atomic mass is 9.78. The zero-order valence-corrected chi connectivity index (χ0v) is 25.2. The molecule has 8 nitrogen and oxygen atoms in total. The molecule has 3 heterocycles. The maximum absolute atomic E-state index is 13.4. The van der Waals surface area contributed by atoms with Crippen LogP contribution in [0, 0.1) is 5.92 Å². The molecule has 1 saturated carbocycles. The molecule has 6 rings (SSSR count). The molecule has 2 aliphatic heterocycles. The fourth-order valence-corrected chi connectivity index (χ4v) is 6.65. The normalized spacial score (nSPS) is 23.4. The third-order valence-electron chi connectivity index (χ3n) is 9.46. The Kier molecular flexibility index (Phi) is 8.37. The predicted octanol–water partition coefficient (Wildman–Crippen LogP) is 7.43. The number of alkyl halides is 3. The van der Waals surface area contributed by atoms with Gasteiger partial charge in [-0.2, -0.15) is 13.2 Å². The SMILES string of the molecule is COc1ccc(C2CCC(C(=O)O)CC2)cc1-c1ccc(N2CCC2)nc1CN1C(=O)O[C@H](c2cccc(C(F)(F)F)c2)[C@@H]1C. The second kappa shape index (κ2) is 12.3. The standard InChI is InChI=1S/C34H36F3N3O5/c1-20-31(24-5-3-6-25(17-24)34(35,36)37)45-33(43)40(20)19-28-26(12-14-30(38-28)39-15-4-16-39)27-18-23(11-13-29(27)44-2)21-7-9-22(10-8-21)32(41)42/h3,5-6,11-14,17-18,20-22,31H,4,7-10,15-16,19H2,1-2H3,(H,41,42)/t20-,21?,22?,31-/m0/s1. The van der Waals surface area contributed by atoms with Crippen molar-refractivity contribution in [1.29, 1.82) is 0 Å². The molecular formula is C34H36F3N3O5. The van der Waals surface area contributed by atoms with Crippen molar-refractivity contribution < 1.29 is 37.3 Å². The molecule has 1 N–H and O–H groups in total. The lowest BCUT2D eigenvalue weighted by molar-refractivity contribution is -0.143. The Labute approximate surface area is 259 Å². The summed E-state index contributed by atoms with van der Waals surface area (Å²) in [5.74, 6) is 0.579. The molecule has 2 saturated heterocycles. The first-order chi connectivity index (χ1) is 21.5. The number of carbonyl (C=O) groups is 2. The highest BCUT2D eigenvalue weighted by Gasteiger charge is 2.41. The van der Waals surface area contributed by atoms with Crippen LogP contribution >= 0.6 is 0 Å². The summed E-state index contributed by atoms with van der Waals surface area (Å²) in [4.78, 5) is 33.4. The Morgan fingerprint density at radius 1 is 1.02 bits per heavy atom. The van der Waals surface area contributed by atoms with E-state index < -0.39 is 35.9 Å². The van der Waals surface area contributed by atoms with E-state index in [0.717, 1.165) is 67.0 Å². The average Bonchev–Trinajstić information content (AvgIpc) is 3.28. The molecule has 1 amide bonds. The van der Waals surface area contributed by atoms with Crippen LogP contribution < -0.4 is 9.64 Å². The number of methoxy groups -OCH3 is 1. The lowest BCUT2D eigenvalue weighted by Gasteiger charge is -2.33. The molecule has 1 aromatic heterocycles. The number of aliphatic carboxylic acids is 1. The largest absolute Gasteiger partial charge is 0.496 e. The minimum absolute atomic E-state index is 0.0869. The number of carboxylic acid groups (broad SMARTS) is 1. The molecule has 3 aliphatic rings. The van der Waals surface area contributed by atoms with Gasteiger partial charge in [-0.15, -0.1) is 0 Å². The number of anilines is 1. The topological polar surface area (TPSA) is 92.2 Å². The molecule has 11 heteroatoms. The number of rotatable bonds is 8. The number of amides is 1. The summed E-state index contributed by atoms with van der Waals surface area (Å²) < 4.78 is 51.7. The monoisotopic (exact) mass is 623 g/mol. The first-order valence-corrected chi connectivity index (χ1v) is 15.3. The van der Waals surface area contributed by atoms with E-state index in [-0.39, 0.29) is 23.9 Å². The quantitative estimate of drug-likeness (QED) is 0.279. The third kappa shape index (κ3) is 6.17. The van der Waals surface area contributed by atoms with Gasteiger partial charge in [-0.05, 0) is 92.5 Å². The van der Waals surface area contributed by atoms with Crippen LogP contribution in [-0.4, -0.2) is 53.3 Å². The summed E-state index contributed by atoms with van der Waals surface area (Å²) in [5, 5.41) is 9.44. The fourth-order valence-electron chi connectivity index (χ4n) is 6.65. The Morgan fingerprint density at radius 2 is 1.78 bits per heavy atom. The molecule has 45 heavy (non-hydrogen) atoms. The van der Waals surface area contributed by atoms with E-state index in [2.05, 4.69) is 11.0 Å². The van der Waals surface area contributed by atoms with Crippen LogP contribution in [0.3, 0.4) is 0 Å². The second-order valence-electron chi connectivity index (χ2n) is 12.1. The van der Waals surface area contributed by atoms with Gasteiger partial charge in [0.1, 0.15) is 17.7 Å². The molecule has 0 unspecified atom stereocenters. The molecular weight excluding hydrogens is 587 g/mol. The predicted molar refractivity (Wildman–Crippen MR) is 161 cm³/mol. The lowest BCUT2D eigenvalue weighted by Crippen LogP contribution is -2.38. The molecule has 2 aromatic carbocycles. The number of cyclic esters (lactones) is 1. The Morgan fingerprint density at radius 3 is 2.42 bits per heavy atom. The van der Waals surface area contributed by atoms with Gasteiger partial charge in [0.2, 0.25) is 0 Å². The highest BCUT2D eigenvalue weighted by Crippen LogP contribution is 2.42. The van der Waals surface area contributed by atoms with Crippen LogP contribution in [0.2, 0.25) is 0 Å². The number of pyridine rings is 1. The molecule has 2 atom stereocenters. The number of carboxylic acids is 1. The van der Waals surface area contributed by atoms with E-state index in [0.29, 0.717) is 24.3 Å². The van der Waals surface area contributed by atoms with Gasteiger partial charge in [0.25, 0.3) is 0 Å². The maximum Gasteiger partial charge on any atom is 0.416 e. The van der Waals surface area contributed by atoms with Crippen molar-refractivity contribution in [2.75, 3.05) is 25.1 Å². The van der Waals surface area contributed by atoms with Crippen LogP contribution in [0.15, 0.2) is 54.6 Å². The van der Waals surface area contributed by atoms with Crippen molar-refractivity contribution in [3.05, 3.63) is 77.0 Å². The second-order valence-corrected chi connectivity index (χ2v) is 12.1. The number of halogens is 3. The summed E-state index contributed by atoms with van der Waals surface area (Å²) in [5.41, 5.74) is 2.78. The van der Waals surface area contributed by atoms with Crippen molar-refractivity contribution in [1.82, 2.24) is 9.88 Å². The minimum atomic E-state index is -4.51. The van der Waals surface area contributed by atoms with Gasteiger partial charge >= 0.3 is 18.2 Å². The van der Waals surface area contributed by atoms with Crippen LogP contribution in [-0.2, 0) is 22.3 Å². The van der Waals surface area contributed by atoms with E-state index in [1.165, 1.54) is 11.0 Å². The van der Waals surface area contributed by atoms with Crippen LogP contribution in [0.5, 0.6) is 5.75 Å². The van der Waals surface area contributed by atoms with E-state index in [4.69, 9.17) is 14.5 Å². The zero-order chi connectivity index (χ0) is 31.9. The van der Waals surface area contributed by atoms with Gasteiger partial charge in [0.15, 0.2) is 0 Å². The third-order valence-corrected chi connectivity index (χ3v) is 9.46. The Balaban J connectivity index is 1.33. The Hall–Kier alpha value is -4.28. The summed E-state index contributed by atoms with van der Waals surface area (Å²) >= 11 is 0. The summed E-state index contributed by atoms with van der Waals surface area (Å²) in [7, 11) is 1.59. The minimum Gasteiger partial charge on any atom is -0.496 e. The molecule has 3 fully saturated rings. The summed E-state index contributed by atoms with van der Waals surface area (Å²) in [6.45, 7) is 3.61. The fraction of sp³-hybridized carbons (Fsp3) is 0.441. The number of aromatic nitrogens is 1. The number of ether oxygens (including phenoxy) is 2. The van der Waals surface area contributed by atoms with E-state index in [1.54, 1.807) is 20.1 Å². The first kappa shape index (κ1) is 30.7. The first-order valence-electron chi connectivity index (χ1n) is 15.3. The molecule has 238 valence electrons. The van der Waals surface area contributed by atoms with Crippen LogP contribution in [0.4, 0.5) is 23.8 Å². The highest BCUT2D eigenvalue weighted by atomic mass is 19.4. The van der Waals surface area contributed by atoms with E-state index in [1.807, 2.05) is 24.3 Å². The highest BCUT2D eigenvalue weighted by molar-refractivity contribution is 5.76. The van der Waals surface area contributed by atoms with Gasteiger partial charge in [-0.3, -0.25) is 9.69 Å². The number of carbonyl (C=O) groups excluding carboxylic acids is 1. The molecule has 0 bridgehead atoms. The summed E-state index contributed by atoms with van der Waals surface area (Å²) in [6.07, 6.45) is -2.15. The van der Waals surface area contributed by atoms with Gasteiger partial charge in [-0.1, -0.05) is 18.2 Å². The maximum atomic E-state index is 13.4. The van der Waals surface area contributed by atoms with E-state index >= 15 is 0 Å². The number of benzene rings is 2. The van der Waals surface area contributed by atoms with Gasteiger partial charge in [0, 0.05) is 24.2 Å². The number of hydrogen-bond acceptors (Lipinski definition) is 6. The van der Waals surface area contributed by atoms with Crippen molar-refractivity contribution in [3.8, 4) is 16.9 Å². The van der Waals surface area contributed by atoms with Crippen molar-refractivity contribution in [3.63, 3.8) is 0 Å². The number of hydrogen-bond donors (Lipinski definition) is 1. The summed E-state index contributed by atoms with van der Waals surface area (Å²) in [6, 6.07) is 14.3. The molecule has 3 aromatic rings. The van der Waals surface area contributed by atoms with Gasteiger partial charge in [-0.25, -0.2) is 9.78 Å². The number of nitrogens with zero attached hydrogens (tertiary/aromatic N) is 3. The molecule has 0 radical (unpaired) electrons. The Bertz CT molecular complexity index is 1580. The molecule has 1 aliphatic carbocycles. The van der Waals surface area contributed by atoms with Crippen molar-refractivity contribution >= 4 is 17.9 Å². The van der Waals surface area contributed by atoms with Crippen LogP contribution in [0.25, 0.3) is 11.1 Å². The van der Waals surface area contributed by atoms with Crippen LogP contribution in [0.1, 0.15) is 73.4 Å². The van der Waals surface area contributed by atoms with Crippen molar-refractivity contribution in [2.45, 2.75) is 69.8 Å². The van der Waals surface area contributed by atoms with Gasteiger partial charge < -0.3 is 19.5 Å². The molecule has 0 spiro atoms. The smallest absolute Gasteiger partial charge is 0.416 e. The average molecular weight is 624 g/mol. The van der Waals surface area contributed by atoms with E-state index in [9.17, 15) is 27.9 Å². The van der Waals surface area contributed by atoms with Crippen molar-refractivity contribution in [2.24, 2.45) is 5.92 Å². The zero-order valence-electron chi connectivity index (χ0n) is 25.2. The van der Waals surface area contributed by atoms with Gasteiger partial charge in [0.05, 0.1) is 36.9 Å².